The number of hydrogen-bond donors (Lipinski definition) is 0. The van der Waals surface area contributed by atoms with E-state index in [0.29, 0.717) is 40.7 Å². The zero-order valence-electron chi connectivity index (χ0n) is 13.6. The summed E-state index contributed by atoms with van der Waals surface area (Å²) in [6.07, 6.45) is 0.815. The third-order valence-electron chi connectivity index (χ3n) is 3.73. The van der Waals surface area contributed by atoms with Crippen molar-refractivity contribution in [3.63, 3.8) is 0 Å². The zero-order valence-corrected chi connectivity index (χ0v) is 15.1. The van der Waals surface area contributed by atoms with E-state index in [2.05, 4.69) is 10.2 Å². The zero-order chi connectivity index (χ0) is 17.9. The molecule has 0 amide bonds. The first kappa shape index (κ1) is 17.2. The van der Waals surface area contributed by atoms with E-state index in [9.17, 15) is 4.39 Å². The summed E-state index contributed by atoms with van der Waals surface area (Å²) in [7, 11) is 0. The number of nitrogens with zero attached hydrogens (tertiary/aromatic N) is 2. The fourth-order valence-corrected chi connectivity index (χ4v) is 3.51. The van der Waals surface area contributed by atoms with Crippen molar-refractivity contribution >= 4 is 23.4 Å². The van der Waals surface area contributed by atoms with Crippen molar-refractivity contribution in [3.8, 4) is 23.0 Å². The Morgan fingerprint density at radius 1 is 1.12 bits per heavy atom. The van der Waals surface area contributed by atoms with E-state index in [1.165, 1.54) is 17.8 Å². The minimum Gasteiger partial charge on any atom is -0.489 e. The molecule has 1 aliphatic rings. The smallest absolute Gasteiger partial charge is 0.277 e. The SMILES string of the molecule is Fc1ccccc1-c1nnc(SCc2cc(Cl)c3c(c2)OCCCO3)o1. The lowest BCUT2D eigenvalue weighted by Crippen LogP contribution is -1.97. The van der Waals surface area contributed by atoms with Gasteiger partial charge < -0.3 is 13.9 Å². The molecule has 8 heteroatoms. The molecule has 0 bridgehead atoms. The van der Waals surface area contributed by atoms with E-state index in [-0.39, 0.29) is 11.5 Å². The summed E-state index contributed by atoms with van der Waals surface area (Å²) in [5.74, 6) is 1.53. The number of aromatic nitrogens is 2. The Hall–Kier alpha value is -2.25. The highest BCUT2D eigenvalue weighted by Crippen LogP contribution is 2.39. The molecule has 0 saturated heterocycles. The van der Waals surface area contributed by atoms with Crippen LogP contribution in [0.15, 0.2) is 46.0 Å². The summed E-state index contributed by atoms with van der Waals surface area (Å²) in [5, 5.41) is 8.74. The van der Waals surface area contributed by atoms with Crippen LogP contribution in [0.2, 0.25) is 5.02 Å². The molecule has 0 unspecified atom stereocenters. The molecule has 26 heavy (non-hydrogen) atoms. The molecular formula is C18H14ClFN2O3S. The molecule has 0 spiro atoms. The highest BCUT2D eigenvalue weighted by molar-refractivity contribution is 7.98. The van der Waals surface area contributed by atoms with E-state index in [4.69, 9.17) is 25.5 Å². The third-order valence-corrected chi connectivity index (χ3v) is 4.91. The van der Waals surface area contributed by atoms with Gasteiger partial charge in [0, 0.05) is 12.2 Å². The number of halogens is 2. The van der Waals surface area contributed by atoms with Crippen LogP contribution in [0.25, 0.3) is 11.5 Å². The molecule has 4 rings (SSSR count). The molecule has 134 valence electrons. The standard InChI is InChI=1S/C18H14ClFN2O3S/c19-13-8-11(9-15-16(13)24-7-3-6-23-15)10-26-18-22-21-17(25-18)12-4-1-2-5-14(12)20/h1-2,4-5,8-9H,3,6-7,10H2. The fourth-order valence-electron chi connectivity index (χ4n) is 2.52. The van der Waals surface area contributed by atoms with Gasteiger partial charge in [-0.1, -0.05) is 35.5 Å². The lowest BCUT2D eigenvalue weighted by Gasteiger charge is -2.10. The fraction of sp³-hybridized carbons (Fsp3) is 0.222. The Morgan fingerprint density at radius 2 is 1.96 bits per heavy atom. The largest absolute Gasteiger partial charge is 0.489 e. The first-order valence-corrected chi connectivity index (χ1v) is 9.36. The van der Waals surface area contributed by atoms with Gasteiger partial charge in [0.1, 0.15) is 5.82 Å². The Bertz CT molecular complexity index is 935. The first-order valence-electron chi connectivity index (χ1n) is 8.00. The maximum atomic E-state index is 13.8. The Morgan fingerprint density at radius 3 is 2.85 bits per heavy atom. The summed E-state index contributed by atoms with van der Waals surface area (Å²) in [5.41, 5.74) is 1.22. The average molecular weight is 393 g/mol. The van der Waals surface area contributed by atoms with Crippen LogP contribution in [0.4, 0.5) is 4.39 Å². The third kappa shape index (κ3) is 3.64. The van der Waals surface area contributed by atoms with Gasteiger partial charge in [-0.2, -0.15) is 0 Å². The molecule has 0 aliphatic carbocycles. The summed E-state index contributed by atoms with van der Waals surface area (Å²) >= 11 is 7.64. The van der Waals surface area contributed by atoms with Crippen molar-refractivity contribution in [3.05, 3.63) is 52.8 Å². The van der Waals surface area contributed by atoms with Crippen LogP contribution in [0.5, 0.6) is 11.5 Å². The summed E-state index contributed by atoms with van der Waals surface area (Å²) in [6.45, 7) is 1.18. The van der Waals surface area contributed by atoms with Crippen LogP contribution in [0, 0.1) is 5.82 Å². The Kier molecular flexibility index (Phi) is 4.99. The van der Waals surface area contributed by atoms with Crippen LogP contribution in [0.3, 0.4) is 0 Å². The van der Waals surface area contributed by atoms with Gasteiger partial charge in [-0.25, -0.2) is 4.39 Å². The van der Waals surface area contributed by atoms with Crippen molar-refractivity contribution in [1.82, 2.24) is 10.2 Å². The number of ether oxygens (including phenoxy) is 2. The lowest BCUT2D eigenvalue weighted by molar-refractivity contribution is 0.297. The number of benzene rings is 2. The van der Waals surface area contributed by atoms with E-state index in [1.54, 1.807) is 18.2 Å². The molecule has 0 saturated carbocycles. The van der Waals surface area contributed by atoms with E-state index in [0.717, 1.165) is 12.0 Å². The van der Waals surface area contributed by atoms with Crippen LogP contribution < -0.4 is 9.47 Å². The van der Waals surface area contributed by atoms with Gasteiger partial charge in [0.05, 0.1) is 23.8 Å². The first-order chi connectivity index (χ1) is 12.7. The molecule has 5 nitrogen and oxygen atoms in total. The number of hydrogen-bond acceptors (Lipinski definition) is 6. The topological polar surface area (TPSA) is 57.4 Å². The molecule has 0 N–H and O–H groups in total. The predicted molar refractivity (Wildman–Crippen MR) is 96.3 cm³/mol. The van der Waals surface area contributed by atoms with Gasteiger partial charge >= 0.3 is 0 Å². The summed E-state index contributed by atoms with van der Waals surface area (Å²) in [6, 6.07) is 10.0. The predicted octanol–water partition coefficient (Wildman–Crippen LogP) is 4.98. The maximum Gasteiger partial charge on any atom is 0.277 e. The van der Waals surface area contributed by atoms with E-state index < -0.39 is 5.82 Å². The van der Waals surface area contributed by atoms with Gasteiger partial charge in [-0.3, -0.25) is 0 Å². The number of thioether (sulfide) groups is 1. The van der Waals surface area contributed by atoms with Crippen molar-refractivity contribution in [2.75, 3.05) is 13.2 Å². The van der Waals surface area contributed by atoms with Crippen LogP contribution in [-0.4, -0.2) is 23.4 Å². The molecule has 0 atom stereocenters. The van der Waals surface area contributed by atoms with Gasteiger partial charge in [-0.15, -0.1) is 10.2 Å². The normalized spacial score (nSPS) is 13.5. The number of rotatable bonds is 4. The van der Waals surface area contributed by atoms with Crippen LogP contribution in [-0.2, 0) is 5.75 Å². The minimum absolute atomic E-state index is 0.155. The quantitative estimate of drug-likeness (QED) is 0.583. The molecule has 3 aromatic rings. The molecule has 0 radical (unpaired) electrons. The lowest BCUT2D eigenvalue weighted by atomic mass is 10.2. The minimum atomic E-state index is -0.401. The molecule has 2 aromatic carbocycles. The summed E-state index contributed by atoms with van der Waals surface area (Å²) < 4.78 is 30.7. The number of fused-ring (bicyclic) bond motifs is 1. The molecule has 1 aliphatic heterocycles. The second-order valence-corrected chi connectivity index (χ2v) is 6.93. The molecule has 1 aromatic heterocycles. The second-order valence-electron chi connectivity index (χ2n) is 5.60. The van der Waals surface area contributed by atoms with Gasteiger partial charge in [-0.05, 0) is 29.8 Å². The van der Waals surface area contributed by atoms with E-state index in [1.807, 2.05) is 12.1 Å². The highest BCUT2D eigenvalue weighted by atomic mass is 35.5. The second kappa shape index (κ2) is 7.55. The Labute approximate surface area is 158 Å². The van der Waals surface area contributed by atoms with Crippen molar-refractivity contribution in [2.45, 2.75) is 17.4 Å². The van der Waals surface area contributed by atoms with E-state index >= 15 is 0 Å². The van der Waals surface area contributed by atoms with Crippen LogP contribution in [0.1, 0.15) is 12.0 Å². The molecular weight excluding hydrogens is 379 g/mol. The Balaban J connectivity index is 1.49. The maximum absolute atomic E-state index is 13.8. The summed E-state index contributed by atoms with van der Waals surface area (Å²) in [4.78, 5) is 0. The van der Waals surface area contributed by atoms with Crippen molar-refractivity contribution < 1.29 is 18.3 Å². The molecule has 2 heterocycles. The van der Waals surface area contributed by atoms with Gasteiger partial charge in [0.25, 0.3) is 11.1 Å². The van der Waals surface area contributed by atoms with Crippen molar-refractivity contribution in [1.29, 1.82) is 0 Å². The van der Waals surface area contributed by atoms with Gasteiger partial charge in [0.2, 0.25) is 0 Å². The monoisotopic (exact) mass is 392 g/mol. The highest BCUT2D eigenvalue weighted by Gasteiger charge is 2.17. The van der Waals surface area contributed by atoms with Crippen molar-refractivity contribution in [2.24, 2.45) is 0 Å². The average Bonchev–Trinajstić information content (AvgIpc) is 2.97. The molecule has 0 fully saturated rings. The van der Waals surface area contributed by atoms with Crippen LogP contribution >= 0.6 is 23.4 Å². The van der Waals surface area contributed by atoms with Gasteiger partial charge in [0.15, 0.2) is 11.5 Å².